The molecule has 0 saturated heterocycles. The van der Waals surface area contributed by atoms with Crippen molar-refractivity contribution in [1.29, 1.82) is 0 Å². The number of carbonyl (C=O) groups excluding carboxylic acids is 1. The lowest BCUT2D eigenvalue weighted by Crippen LogP contribution is -2.29. The minimum absolute atomic E-state index is 0.0679. The Bertz CT molecular complexity index is 410. The maximum Gasteiger partial charge on any atom is 0.253 e. The monoisotopic (exact) mass is 257 g/mol. The van der Waals surface area contributed by atoms with Gasteiger partial charge < -0.3 is 14.9 Å². The second-order valence-corrected chi connectivity index (χ2v) is 4.27. The smallest absolute Gasteiger partial charge is 0.253 e. The van der Waals surface area contributed by atoms with Crippen molar-refractivity contribution >= 4 is 23.3 Å². The maximum absolute atomic E-state index is 12.0. The predicted molar refractivity (Wildman–Crippen MR) is 67.6 cm³/mol. The maximum atomic E-state index is 12.0. The first kappa shape index (κ1) is 13.7. The minimum atomic E-state index is -0.188. The predicted octanol–water partition coefficient (Wildman–Crippen LogP) is 0.865. The van der Waals surface area contributed by atoms with Crippen LogP contribution in [0.4, 0.5) is 5.82 Å². The van der Waals surface area contributed by atoms with Gasteiger partial charge in [0.25, 0.3) is 5.91 Å². The van der Waals surface area contributed by atoms with E-state index < -0.39 is 0 Å². The lowest BCUT2D eigenvalue weighted by atomic mass is 10.2. The zero-order valence-corrected chi connectivity index (χ0v) is 10.9. The summed E-state index contributed by atoms with van der Waals surface area (Å²) < 4.78 is 0. The number of pyridine rings is 1. The van der Waals surface area contributed by atoms with Crippen LogP contribution in [0.5, 0.6) is 0 Å². The highest BCUT2D eigenvalue weighted by molar-refractivity contribution is 6.29. The third-order valence-electron chi connectivity index (χ3n) is 2.27. The number of carbonyl (C=O) groups is 1. The van der Waals surface area contributed by atoms with E-state index in [1.54, 1.807) is 18.0 Å². The third kappa shape index (κ3) is 3.57. The fourth-order valence-electron chi connectivity index (χ4n) is 1.31. The van der Waals surface area contributed by atoms with Crippen molar-refractivity contribution in [2.75, 3.05) is 39.2 Å². The molecule has 1 aromatic rings. The number of amides is 1. The molecule has 0 aliphatic heterocycles. The summed E-state index contributed by atoms with van der Waals surface area (Å²) in [5, 5.41) is 9.06. The highest BCUT2D eigenvalue weighted by Gasteiger charge is 2.14. The molecule has 0 saturated carbocycles. The Morgan fingerprint density at radius 1 is 1.41 bits per heavy atom. The Kier molecular flexibility index (Phi) is 4.72. The fourth-order valence-corrected chi connectivity index (χ4v) is 1.51. The number of aromatic nitrogens is 1. The molecule has 0 atom stereocenters. The van der Waals surface area contributed by atoms with Gasteiger partial charge in [0.2, 0.25) is 0 Å². The molecule has 1 heterocycles. The number of hydrogen-bond donors (Lipinski definition) is 1. The van der Waals surface area contributed by atoms with E-state index in [0.29, 0.717) is 11.4 Å². The Morgan fingerprint density at radius 2 is 2.06 bits per heavy atom. The fraction of sp³-hybridized carbons (Fsp3) is 0.455. The van der Waals surface area contributed by atoms with Gasteiger partial charge in [0, 0.05) is 33.3 Å². The minimum Gasteiger partial charge on any atom is -0.395 e. The molecule has 94 valence electrons. The summed E-state index contributed by atoms with van der Waals surface area (Å²) in [7, 11) is 5.27. The molecule has 0 aromatic carbocycles. The highest BCUT2D eigenvalue weighted by Crippen LogP contribution is 2.17. The van der Waals surface area contributed by atoms with E-state index in [1.807, 2.05) is 14.1 Å². The van der Waals surface area contributed by atoms with Gasteiger partial charge in [-0.05, 0) is 12.1 Å². The average Bonchev–Trinajstić information content (AvgIpc) is 2.27. The molecule has 5 nitrogen and oxygen atoms in total. The van der Waals surface area contributed by atoms with Crippen molar-refractivity contribution in [3.63, 3.8) is 0 Å². The summed E-state index contributed by atoms with van der Waals surface area (Å²) >= 11 is 5.86. The van der Waals surface area contributed by atoms with Gasteiger partial charge in [0.05, 0.1) is 6.61 Å². The van der Waals surface area contributed by atoms with Crippen LogP contribution < -0.4 is 4.90 Å². The summed E-state index contributed by atoms with van der Waals surface area (Å²) in [6, 6.07) is 3.19. The van der Waals surface area contributed by atoms with E-state index in [4.69, 9.17) is 16.7 Å². The molecule has 17 heavy (non-hydrogen) atoms. The van der Waals surface area contributed by atoms with Crippen LogP contribution in [0.3, 0.4) is 0 Å². The topological polar surface area (TPSA) is 56.7 Å². The quantitative estimate of drug-likeness (QED) is 0.813. The largest absolute Gasteiger partial charge is 0.395 e. The molecule has 6 heteroatoms. The third-order valence-corrected chi connectivity index (χ3v) is 2.46. The SMILES string of the molecule is CN(CCO)C(=O)c1cc(Cl)nc(N(C)C)c1. The molecule has 0 aliphatic carbocycles. The van der Waals surface area contributed by atoms with Crippen molar-refractivity contribution in [3.05, 3.63) is 22.8 Å². The molecule has 1 aromatic heterocycles. The molecule has 1 amide bonds. The standard InChI is InChI=1S/C11H16ClN3O2/c1-14(2)10-7-8(6-9(12)13-10)11(17)15(3)4-5-16/h6-7,16H,4-5H2,1-3H3. The van der Waals surface area contributed by atoms with Crippen molar-refractivity contribution in [2.45, 2.75) is 0 Å². The first-order valence-electron chi connectivity index (χ1n) is 5.17. The summed E-state index contributed by atoms with van der Waals surface area (Å²) in [5.74, 6) is 0.435. The Hall–Kier alpha value is -1.33. The lowest BCUT2D eigenvalue weighted by molar-refractivity contribution is 0.0767. The first-order valence-corrected chi connectivity index (χ1v) is 5.54. The van der Waals surface area contributed by atoms with E-state index in [2.05, 4.69) is 4.98 Å². The Labute approximate surface area is 106 Å². The second-order valence-electron chi connectivity index (χ2n) is 3.88. The number of anilines is 1. The van der Waals surface area contributed by atoms with Gasteiger partial charge in [-0.25, -0.2) is 4.98 Å². The molecule has 0 unspecified atom stereocenters. The summed E-state index contributed by atoms with van der Waals surface area (Å²) in [5.41, 5.74) is 0.463. The van der Waals surface area contributed by atoms with Crippen molar-refractivity contribution in [1.82, 2.24) is 9.88 Å². The molecule has 1 rings (SSSR count). The normalized spacial score (nSPS) is 10.2. The number of halogens is 1. The molecule has 0 bridgehead atoms. The number of aliphatic hydroxyl groups is 1. The molecule has 1 N–H and O–H groups in total. The van der Waals surface area contributed by atoms with Crippen LogP contribution >= 0.6 is 11.6 Å². The summed E-state index contributed by atoms with van der Waals surface area (Å²) in [6.45, 7) is 0.220. The van der Waals surface area contributed by atoms with E-state index in [9.17, 15) is 4.79 Å². The number of likely N-dealkylation sites (N-methyl/N-ethyl adjacent to an activating group) is 1. The van der Waals surface area contributed by atoms with Gasteiger partial charge in [0.15, 0.2) is 0 Å². The second kappa shape index (κ2) is 5.84. The summed E-state index contributed by atoms with van der Waals surface area (Å²) in [4.78, 5) is 19.3. The van der Waals surface area contributed by atoms with Gasteiger partial charge in [-0.2, -0.15) is 0 Å². The van der Waals surface area contributed by atoms with E-state index in [1.165, 1.54) is 11.0 Å². The zero-order chi connectivity index (χ0) is 13.0. The molecular formula is C11H16ClN3O2. The lowest BCUT2D eigenvalue weighted by Gasteiger charge is -2.17. The van der Waals surface area contributed by atoms with E-state index >= 15 is 0 Å². The van der Waals surface area contributed by atoms with Crippen LogP contribution in [0.15, 0.2) is 12.1 Å². The van der Waals surface area contributed by atoms with Crippen molar-refractivity contribution < 1.29 is 9.90 Å². The van der Waals surface area contributed by atoms with Gasteiger partial charge in [-0.3, -0.25) is 4.79 Å². The van der Waals surface area contributed by atoms with Gasteiger partial charge in [0.1, 0.15) is 11.0 Å². The van der Waals surface area contributed by atoms with Crippen molar-refractivity contribution in [2.24, 2.45) is 0 Å². The number of aliphatic hydroxyl groups excluding tert-OH is 1. The van der Waals surface area contributed by atoms with E-state index in [-0.39, 0.29) is 24.2 Å². The van der Waals surface area contributed by atoms with Gasteiger partial charge >= 0.3 is 0 Å². The zero-order valence-electron chi connectivity index (χ0n) is 10.1. The van der Waals surface area contributed by atoms with E-state index in [0.717, 1.165) is 0 Å². The molecule has 0 fully saturated rings. The average molecular weight is 258 g/mol. The highest BCUT2D eigenvalue weighted by atomic mass is 35.5. The van der Waals surface area contributed by atoms with Crippen LogP contribution in [-0.4, -0.2) is 55.2 Å². The number of nitrogens with zero attached hydrogens (tertiary/aromatic N) is 3. The molecule has 0 radical (unpaired) electrons. The Balaban J connectivity index is 3.01. The van der Waals surface area contributed by atoms with Gasteiger partial charge in [-0.15, -0.1) is 0 Å². The molecule has 0 aliphatic rings. The summed E-state index contributed by atoms with van der Waals surface area (Å²) in [6.07, 6.45) is 0. The van der Waals surface area contributed by atoms with Crippen LogP contribution in [0.25, 0.3) is 0 Å². The van der Waals surface area contributed by atoms with Crippen LogP contribution in [0.1, 0.15) is 10.4 Å². The Morgan fingerprint density at radius 3 is 2.59 bits per heavy atom. The number of hydrogen-bond acceptors (Lipinski definition) is 4. The first-order chi connectivity index (χ1) is 7.95. The van der Waals surface area contributed by atoms with Crippen LogP contribution in [-0.2, 0) is 0 Å². The van der Waals surface area contributed by atoms with Crippen molar-refractivity contribution in [3.8, 4) is 0 Å². The molecule has 0 spiro atoms. The molecular weight excluding hydrogens is 242 g/mol. The van der Waals surface area contributed by atoms with Gasteiger partial charge in [-0.1, -0.05) is 11.6 Å². The van der Waals surface area contributed by atoms with Crippen LogP contribution in [0.2, 0.25) is 5.15 Å². The number of rotatable bonds is 4. The van der Waals surface area contributed by atoms with Crippen LogP contribution in [0, 0.1) is 0 Å².